The van der Waals surface area contributed by atoms with Gasteiger partial charge in [0.15, 0.2) is 0 Å². The number of nitrogens with zero attached hydrogens (tertiary/aromatic N) is 3. The number of likely N-dealkylation sites (tertiary alicyclic amines) is 1. The van der Waals surface area contributed by atoms with E-state index in [1.807, 2.05) is 6.07 Å². The Morgan fingerprint density at radius 1 is 1.13 bits per heavy atom. The maximum atomic E-state index is 12.0. The first-order chi connectivity index (χ1) is 11.1. The molecule has 4 nitrogen and oxygen atoms in total. The van der Waals surface area contributed by atoms with Gasteiger partial charge in [-0.2, -0.15) is 5.10 Å². The zero-order valence-electron chi connectivity index (χ0n) is 12.8. The fourth-order valence-corrected chi connectivity index (χ4v) is 3.29. The Bertz CT molecular complexity index is 710. The van der Waals surface area contributed by atoms with Crippen molar-refractivity contribution in [3.63, 3.8) is 0 Å². The van der Waals surface area contributed by atoms with Crippen LogP contribution >= 0.6 is 23.2 Å². The fraction of sp³-hybridized carbons (Fsp3) is 0.412. The number of benzene rings is 1. The summed E-state index contributed by atoms with van der Waals surface area (Å²) in [5.41, 5.74) is 1.07. The van der Waals surface area contributed by atoms with Crippen LogP contribution in [0.3, 0.4) is 0 Å². The summed E-state index contributed by atoms with van der Waals surface area (Å²) in [5.74, 6) is 0.701. The van der Waals surface area contributed by atoms with E-state index in [0.29, 0.717) is 12.6 Å². The van der Waals surface area contributed by atoms with Crippen LogP contribution in [0.5, 0.6) is 0 Å². The first kappa shape index (κ1) is 16.5. The van der Waals surface area contributed by atoms with E-state index in [2.05, 4.69) is 34.3 Å². The fourth-order valence-electron chi connectivity index (χ4n) is 3.01. The van der Waals surface area contributed by atoms with E-state index in [1.165, 1.54) is 16.4 Å². The van der Waals surface area contributed by atoms with Crippen LogP contribution in [0.1, 0.15) is 18.4 Å². The Hall–Kier alpha value is -1.36. The van der Waals surface area contributed by atoms with Crippen molar-refractivity contribution < 1.29 is 0 Å². The molecule has 2 heterocycles. The average Bonchev–Trinajstić information content (AvgIpc) is 2.58. The Balaban J connectivity index is 1.55. The third-order valence-electron chi connectivity index (χ3n) is 4.35. The van der Waals surface area contributed by atoms with Gasteiger partial charge in [-0.15, -0.1) is 0 Å². The predicted molar refractivity (Wildman–Crippen MR) is 93.0 cm³/mol. The summed E-state index contributed by atoms with van der Waals surface area (Å²) in [7, 11) is 0. The highest BCUT2D eigenvalue weighted by Gasteiger charge is 2.20. The molecule has 0 atom stereocenters. The summed E-state index contributed by atoms with van der Waals surface area (Å²) in [6.45, 7) is 2.39. The lowest BCUT2D eigenvalue weighted by atomic mass is 9.90. The lowest BCUT2D eigenvalue weighted by Gasteiger charge is -2.31. The molecule has 0 unspecified atom stereocenters. The van der Waals surface area contributed by atoms with Crippen molar-refractivity contribution >= 4 is 23.2 Å². The van der Waals surface area contributed by atoms with Crippen molar-refractivity contribution in [2.24, 2.45) is 5.92 Å². The molecule has 1 aliphatic rings. The SMILES string of the molecule is O=c1c(Cl)c(Cl)cnn1CN1CCC(Cc2ccccc2)CC1. The Kier molecular flexibility index (Phi) is 5.36. The Morgan fingerprint density at radius 3 is 2.52 bits per heavy atom. The molecule has 3 rings (SSSR count). The smallest absolute Gasteiger partial charge is 0.284 e. The van der Waals surface area contributed by atoms with E-state index in [9.17, 15) is 4.79 Å². The highest BCUT2D eigenvalue weighted by Crippen LogP contribution is 2.22. The first-order valence-electron chi connectivity index (χ1n) is 7.81. The zero-order chi connectivity index (χ0) is 16.2. The van der Waals surface area contributed by atoms with Crippen molar-refractivity contribution in [2.75, 3.05) is 13.1 Å². The molecule has 122 valence electrons. The molecular weight excluding hydrogens is 333 g/mol. The first-order valence-corrected chi connectivity index (χ1v) is 8.56. The van der Waals surface area contributed by atoms with Gasteiger partial charge in [-0.05, 0) is 30.7 Å². The van der Waals surface area contributed by atoms with Crippen molar-refractivity contribution in [3.05, 3.63) is 62.5 Å². The van der Waals surface area contributed by atoms with E-state index in [1.54, 1.807) is 0 Å². The van der Waals surface area contributed by atoms with Gasteiger partial charge in [-0.25, -0.2) is 4.68 Å². The van der Waals surface area contributed by atoms with Gasteiger partial charge in [0, 0.05) is 13.1 Å². The van der Waals surface area contributed by atoms with E-state index in [-0.39, 0.29) is 15.6 Å². The number of aromatic nitrogens is 2. The number of halogens is 2. The predicted octanol–water partition coefficient (Wildman–Crippen LogP) is 3.46. The molecule has 1 aliphatic heterocycles. The van der Waals surface area contributed by atoms with Crippen LogP contribution in [0.15, 0.2) is 41.3 Å². The van der Waals surface area contributed by atoms with Crippen molar-refractivity contribution in [2.45, 2.75) is 25.9 Å². The number of hydrogen-bond acceptors (Lipinski definition) is 3. The lowest BCUT2D eigenvalue weighted by molar-refractivity contribution is 0.138. The van der Waals surface area contributed by atoms with E-state index in [4.69, 9.17) is 23.2 Å². The van der Waals surface area contributed by atoms with Crippen LogP contribution in [-0.4, -0.2) is 27.8 Å². The van der Waals surface area contributed by atoms with Crippen molar-refractivity contribution in [3.8, 4) is 0 Å². The van der Waals surface area contributed by atoms with Gasteiger partial charge in [0.25, 0.3) is 5.56 Å². The van der Waals surface area contributed by atoms with Gasteiger partial charge in [-0.1, -0.05) is 53.5 Å². The molecule has 23 heavy (non-hydrogen) atoms. The van der Waals surface area contributed by atoms with Crippen LogP contribution in [-0.2, 0) is 13.1 Å². The second-order valence-corrected chi connectivity index (χ2v) is 6.79. The van der Waals surface area contributed by atoms with E-state index < -0.39 is 0 Å². The zero-order valence-corrected chi connectivity index (χ0v) is 14.3. The van der Waals surface area contributed by atoms with Crippen LogP contribution in [0.4, 0.5) is 0 Å². The molecule has 2 aromatic rings. The van der Waals surface area contributed by atoms with Gasteiger partial charge in [0.1, 0.15) is 5.02 Å². The van der Waals surface area contributed by atoms with Crippen molar-refractivity contribution in [1.29, 1.82) is 0 Å². The van der Waals surface area contributed by atoms with E-state index >= 15 is 0 Å². The minimum absolute atomic E-state index is 0.0423. The molecule has 0 amide bonds. The molecular formula is C17H19Cl2N3O. The van der Waals surface area contributed by atoms with Gasteiger partial charge in [0.2, 0.25) is 0 Å². The van der Waals surface area contributed by atoms with Gasteiger partial charge >= 0.3 is 0 Å². The normalized spacial score (nSPS) is 16.6. The largest absolute Gasteiger partial charge is 0.288 e. The standard InChI is InChI=1S/C17H19Cl2N3O/c18-15-11-20-22(17(23)16(15)19)12-21-8-6-14(7-9-21)10-13-4-2-1-3-5-13/h1-5,11,14H,6-10,12H2. The van der Waals surface area contributed by atoms with Crippen molar-refractivity contribution in [1.82, 2.24) is 14.7 Å². The van der Waals surface area contributed by atoms with E-state index in [0.717, 1.165) is 32.4 Å². The minimum atomic E-state index is -0.328. The molecule has 1 fully saturated rings. The minimum Gasteiger partial charge on any atom is -0.284 e. The quantitative estimate of drug-likeness (QED) is 0.846. The average molecular weight is 352 g/mol. The summed E-state index contributed by atoms with van der Waals surface area (Å²) in [5, 5.41) is 4.31. The Morgan fingerprint density at radius 2 is 1.83 bits per heavy atom. The number of hydrogen-bond donors (Lipinski definition) is 0. The second-order valence-electron chi connectivity index (χ2n) is 6.00. The molecule has 0 N–H and O–H groups in total. The monoisotopic (exact) mass is 351 g/mol. The highest BCUT2D eigenvalue weighted by atomic mass is 35.5. The molecule has 1 aromatic carbocycles. The van der Waals surface area contributed by atoms with Gasteiger partial charge < -0.3 is 0 Å². The number of rotatable bonds is 4. The lowest BCUT2D eigenvalue weighted by Crippen LogP contribution is -2.39. The molecule has 0 bridgehead atoms. The molecule has 0 radical (unpaired) electrons. The summed E-state index contributed by atoms with van der Waals surface area (Å²) in [6.07, 6.45) is 4.81. The second kappa shape index (κ2) is 7.47. The molecule has 0 saturated carbocycles. The summed E-state index contributed by atoms with van der Waals surface area (Å²) >= 11 is 11.7. The third-order valence-corrected chi connectivity index (χ3v) is 5.10. The summed E-state index contributed by atoms with van der Waals surface area (Å²) in [4.78, 5) is 14.3. The van der Waals surface area contributed by atoms with Crippen LogP contribution < -0.4 is 5.56 Å². The summed E-state index contributed by atoms with van der Waals surface area (Å²) < 4.78 is 1.38. The third kappa shape index (κ3) is 4.14. The van der Waals surface area contributed by atoms with Gasteiger partial charge in [0.05, 0.1) is 17.9 Å². The van der Waals surface area contributed by atoms with Crippen LogP contribution in [0.2, 0.25) is 10.0 Å². The maximum absolute atomic E-state index is 12.0. The van der Waals surface area contributed by atoms with Crippen LogP contribution in [0, 0.1) is 5.92 Å². The highest BCUT2D eigenvalue weighted by molar-refractivity contribution is 6.41. The van der Waals surface area contributed by atoms with Gasteiger partial charge in [-0.3, -0.25) is 9.69 Å². The maximum Gasteiger partial charge on any atom is 0.288 e. The molecule has 1 saturated heterocycles. The molecule has 0 spiro atoms. The summed E-state index contributed by atoms with van der Waals surface area (Å²) in [6, 6.07) is 10.6. The van der Waals surface area contributed by atoms with Crippen LogP contribution in [0.25, 0.3) is 0 Å². The molecule has 6 heteroatoms. The molecule has 1 aromatic heterocycles. The topological polar surface area (TPSA) is 38.1 Å². The number of piperidine rings is 1. The molecule has 0 aliphatic carbocycles. The Labute approximate surface area is 145 Å².